The molecule has 1 aliphatic heterocycles. The normalized spacial score (nSPS) is 13.4. The van der Waals surface area contributed by atoms with Crippen LogP contribution in [0.25, 0.3) is 11.1 Å². The molecule has 1 aromatic carbocycles. The fourth-order valence-corrected chi connectivity index (χ4v) is 1.87. The highest BCUT2D eigenvalue weighted by Gasteiger charge is 2.13. The largest absolute Gasteiger partial charge is 0.486 e. The lowest BCUT2D eigenvalue weighted by Crippen LogP contribution is -2.15. The van der Waals surface area contributed by atoms with Gasteiger partial charge in [-0.1, -0.05) is 6.07 Å². The summed E-state index contributed by atoms with van der Waals surface area (Å²) in [6.07, 6.45) is 1.68. The first kappa shape index (κ1) is 9.96. The van der Waals surface area contributed by atoms with Gasteiger partial charge in [0.05, 0.1) is 0 Å². The molecule has 0 bridgehead atoms. The Kier molecular flexibility index (Phi) is 2.33. The quantitative estimate of drug-likeness (QED) is 0.812. The van der Waals surface area contributed by atoms with Crippen LogP contribution in [0.15, 0.2) is 36.5 Å². The van der Waals surface area contributed by atoms with Crippen molar-refractivity contribution in [1.82, 2.24) is 4.98 Å². The molecular formula is C13H12N2O2. The first-order valence-electron chi connectivity index (χ1n) is 5.45. The molecule has 0 fully saturated rings. The molecule has 2 heterocycles. The summed E-state index contributed by atoms with van der Waals surface area (Å²) in [6, 6.07) is 9.59. The van der Waals surface area contributed by atoms with Crippen LogP contribution in [0.3, 0.4) is 0 Å². The monoisotopic (exact) mass is 228 g/mol. The van der Waals surface area contributed by atoms with E-state index >= 15 is 0 Å². The number of pyridine rings is 1. The summed E-state index contributed by atoms with van der Waals surface area (Å²) < 4.78 is 11.0. The first-order chi connectivity index (χ1) is 8.34. The van der Waals surface area contributed by atoms with Gasteiger partial charge < -0.3 is 15.2 Å². The van der Waals surface area contributed by atoms with Crippen molar-refractivity contribution in [2.45, 2.75) is 0 Å². The number of hydrogen-bond acceptors (Lipinski definition) is 4. The van der Waals surface area contributed by atoms with Crippen LogP contribution in [-0.2, 0) is 0 Å². The van der Waals surface area contributed by atoms with E-state index in [-0.39, 0.29) is 0 Å². The van der Waals surface area contributed by atoms with E-state index in [2.05, 4.69) is 4.98 Å². The lowest BCUT2D eigenvalue weighted by atomic mass is 10.1. The number of aromatic nitrogens is 1. The Balaban J connectivity index is 2.07. The summed E-state index contributed by atoms with van der Waals surface area (Å²) in [5.74, 6) is 2.06. The van der Waals surface area contributed by atoms with Gasteiger partial charge in [0.2, 0.25) is 0 Å². The summed E-state index contributed by atoms with van der Waals surface area (Å²) in [5.41, 5.74) is 7.74. The van der Waals surface area contributed by atoms with E-state index in [0.29, 0.717) is 19.0 Å². The van der Waals surface area contributed by atoms with Gasteiger partial charge in [0.15, 0.2) is 11.5 Å². The molecule has 4 heteroatoms. The van der Waals surface area contributed by atoms with Gasteiger partial charge in [-0.3, -0.25) is 0 Å². The molecule has 2 aromatic rings. The van der Waals surface area contributed by atoms with Crippen LogP contribution >= 0.6 is 0 Å². The minimum atomic E-state index is 0.518. The second kappa shape index (κ2) is 3.97. The second-order valence-electron chi connectivity index (χ2n) is 3.79. The molecule has 86 valence electrons. The van der Waals surface area contributed by atoms with Crippen LogP contribution in [0.5, 0.6) is 11.5 Å². The molecule has 0 atom stereocenters. The lowest BCUT2D eigenvalue weighted by Gasteiger charge is -2.19. The van der Waals surface area contributed by atoms with E-state index in [0.717, 1.165) is 22.6 Å². The number of nitrogens with two attached hydrogens (primary N) is 1. The zero-order valence-electron chi connectivity index (χ0n) is 9.22. The highest BCUT2D eigenvalue weighted by Crippen LogP contribution is 2.35. The van der Waals surface area contributed by atoms with Gasteiger partial charge in [0.25, 0.3) is 0 Å². The van der Waals surface area contributed by atoms with Crippen molar-refractivity contribution in [3.05, 3.63) is 36.5 Å². The predicted octanol–water partition coefficient (Wildman–Crippen LogP) is 2.10. The van der Waals surface area contributed by atoms with E-state index in [1.165, 1.54) is 0 Å². The predicted molar refractivity (Wildman–Crippen MR) is 65.1 cm³/mol. The van der Waals surface area contributed by atoms with E-state index in [9.17, 15) is 0 Å². The Labute approximate surface area is 99.0 Å². The second-order valence-corrected chi connectivity index (χ2v) is 3.79. The summed E-state index contributed by atoms with van der Waals surface area (Å²) in [4.78, 5) is 4.07. The summed E-state index contributed by atoms with van der Waals surface area (Å²) in [5, 5.41) is 0. The Hall–Kier alpha value is -2.23. The molecule has 2 N–H and O–H groups in total. The molecule has 4 nitrogen and oxygen atoms in total. The van der Waals surface area contributed by atoms with Gasteiger partial charge in [-0.15, -0.1) is 0 Å². The van der Waals surface area contributed by atoms with Crippen LogP contribution in [0.2, 0.25) is 0 Å². The zero-order chi connectivity index (χ0) is 11.7. The molecule has 0 amide bonds. The SMILES string of the molecule is Nc1ncccc1-c1ccc2c(c1)OCCO2. The Morgan fingerprint density at radius 2 is 1.88 bits per heavy atom. The molecule has 0 saturated heterocycles. The number of hydrogen-bond donors (Lipinski definition) is 1. The fraction of sp³-hybridized carbons (Fsp3) is 0.154. The van der Waals surface area contributed by atoms with Crippen LogP contribution in [0.4, 0.5) is 5.82 Å². The fourth-order valence-electron chi connectivity index (χ4n) is 1.87. The van der Waals surface area contributed by atoms with Crippen LogP contribution in [0.1, 0.15) is 0 Å². The third kappa shape index (κ3) is 1.78. The van der Waals surface area contributed by atoms with Gasteiger partial charge >= 0.3 is 0 Å². The highest BCUT2D eigenvalue weighted by molar-refractivity contribution is 5.75. The summed E-state index contributed by atoms with van der Waals surface area (Å²) >= 11 is 0. The van der Waals surface area contributed by atoms with Gasteiger partial charge in [0.1, 0.15) is 19.0 Å². The summed E-state index contributed by atoms with van der Waals surface area (Å²) in [7, 11) is 0. The highest BCUT2D eigenvalue weighted by atomic mass is 16.6. The van der Waals surface area contributed by atoms with Crippen molar-refractivity contribution in [3.63, 3.8) is 0 Å². The Morgan fingerprint density at radius 1 is 1.06 bits per heavy atom. The molecule has 0 saturated carbocycles. The van der Waals surface area contributed by atoms with Gasteiger partial charge in [0, 0.05) is 11.8 Å². The Bertz CT molecular complexity index is 555. The van der Waals surface area contributed by atoms with E-state index in [4.69, 9.17) is 15.2 Å². The first-order valence-corrected chi connectivity index (χ1v) is 5.45. The zero-order valence-corrected chi connectivity index (χ0v) is 9.22. The number of fused-ring (bicyclic) bond motifs is 1. The lowest BCUT2D eigenvalue weighted by molar-refractivity contribution is 0.171. The number of rotatable bonds is 1. The van der Waals surface area contributed by atoms with Crippen molar-refractivity contribution in [2.75, 3.05) is 18.9 Å². The van der Waals surface area contributed by atoms with Crippen molar-refractivity contribution in [2.24, 2.45) is 0 Å². The van der Waals surface area contributed by atoms with E-state index in [1.54, 1.807) is 6.20 Å². The maximum atomic E-state index is 5.85. The van der Waals surface area contributed by atoms with Crippen molar-refractivity contribution in [1.29, 1.82) is 0 Å². The van der Waals surface area contributed by atoms with Crippen molar-refractivity contribution < 1.29 is 9.47 Å². The maximum Gasteiger partial charge on any atom is 0.161 e. The van der Waals surface area contributed by atoms with E-state index < -0.39 is 0 Å². The topological polar surface area (TPSA) is 57.4 Å². The van der Waals surface area contributed by atoms with Crippen LogP contribution in [-0.4, -0.2) is 18.2 Å². The number of ether oxygens (including phenoxy) is 2. The average Bonchev–Trinajstić information content (AvgIpc) is 2.39. The molecule has 0 aliphatic carbocycles. The molecule has 1 aromatic heterocycles. The third-order valence-corrected chi connectivity index (χ3v) is 2.69. The smallest absolute Gasteiger partial charge is 0.161 e. The van der Waals surface area contributed by atoms with Crippen molar-refractivity contribution >= 4 is 5.82 Å². The summed E-state index contributed by atoms with van der Waals surface area (Å²) in [6.45, 7) is 1.18. The number of nitrogens with zero attached hydrogens (tertiary/aromatic N) is 1. The number of nitrogen functional groups attached to an aromatic ring is 1. The molecule has 3 rings (SSSR count). The van der Waals surface area contributed by atoms with E-state index in [1.807, 2.05) is 30.3 Å². The molecule has 1 aliphatic rings. The van der Waals surface area contributed by atoms with Gasteiger partial charge in [-0.2, -0.15) is 0 Å². The van der Waals surface area contributed by atoms with Crippen molar-refractivity contribution in [3.8, 4) is 22.6 Å². The maximum absolute atomic E-state index is 5.85. The minimum Gasteiger partial charge on any atom is -0.486 e. The molecular weight excluding hydrogens is 216 g/mol. The number of anilines is 1. The van der Waals surface area contributed by atoms with Gasteiger partial charge in [-0.05, 0) is 29.8 Å². The Morgan fingerprint density at radius 3 is 2.71 bits per heavy atom. The van der Waals surface area contributed by atoms with Crippen LogP contribution < -0.4 is 15.2 Å². The van der Waals surface area contributed by atoms with Crippen LogP contribution in [0, 0.1) is 0 Å². The molecule has 0 unspecified atom stereocenters. The minimum absolute atomic E-state index is 0.518. The molecule has 17 heavy (non-hydrogen) atoms. The molecule has 0 radical (unpaired) electrons. The van der Waals surface area contributed by atoms with Gasteiger partial charge in [-0.25, -0.2) is 4.98 Å². The number of benzene rings is 1. The average molecular weight is 228 g/mol. The molecule has 0 spiro atoms. The third-order valence-electron chi connectivity index (χ3n) is 2.69. The standard InChI is InChI=1S/C13H12N2O2/c14-13-10(2-1-5-15-13)9-3-4-11-12(8-9)17-7-6-16-11/h1-5,8H,6-7H2,(H2,14,15).